The highest BCUT2D eigenvalue weighted by atomic mass is 79.9. The molecule has 0 aliphatic heterocycles. The molecule has 0 N–H and O–H groups in total. The molecule has 0 amide bonds. The summed E-state index contributed by atoms with van der Waals surface area (Å²) in [6, 6.07) is 8.05. The van der Waals surface area contributed by atoms with Gasteiger partial charge >= 0.3 is 0 Å². The average molecular weight is 312 g/mol. The minimum atomic E-state index is 0.786. The first-order valence-corrected chi connectivity index (χ1v) is 7.68. The molecule has 0 aromatic heterocycles. The molecule has 0 bridgehead atoms. The van der Waals surface area contributed by atoms with E-state index in [1.165, 1.54) is 32.4 Å². The lowest BCUT2D eigenvalue weighted by atomic mass is 10.3. The average Bonchev–Trinajstić information content (AvgIpc) is 3.16. The lowest BCUT2D eigenvalue weighted by Gasteiger charge is -2.21. The summed E-state index contributed by atoms with van der Waals surface area (Å²) < 4.78 is 6.87. The quantitative estimate of drug-likeness (QED) is 0.721. The predicted octanol–water partition coefficient (Wildman–Crippen LogP) is 3.95. The van der Waals surface area contributed by atoms with Gasteiger partial charge in [0, 0.05) is 17.6 Å². The highest BCUT2D eigenvalue weighted by Gasteiger charge is 2.23. The minimum absolute atomic E-state index is 0.786. The van der Waals surface area contributed by atoms with E-state index < -0.39 is 0 Å². The van der Waals surface area contributed by atoms with Gasteiger partial charge in [-0.3, -0.25) is 4.90 Å². The van der Waals surface area contributed by atoms with Crippen LogP contribution in [-0.4, -0.2) is 31.1 Å². The minimum Gasteiger partial charge on any atom is -0.492 e. The molecule has 0 saturated heterocycles. The van der Waals surface area contributed by atoms with Crippen molar-refractivity contribution in [2.75, 3.05) is 26.2 Å². The maximum atomic E-state index is 5.78. The van der Waals surface area contributed by atoms with Gasteiger partial charge in [-0.1, -0.05) is 22.9 Å². The van der Waals surface area contributed by atoms with E-state index in [0.717, 1.165) is 29.3 Å². The smallest absolute Gasteiger partial charge is 0.119 e. The number of nitrogens with zero attached hydrogens (tertiary/aromatic N) is 1. The molecule has 0 spiro atoms. The summed E-state index contributed by atoms with van der Waals surface area (Å²) in [5.41, 5.74) is 0. The van der Waals surface area contributed by atoms with Gasteiger partial charge in [0.25, 0.3) is 0 Å². The molecular weight excluding hydrogens is 290 g/mol. The first-order valence-electron chi connectivity index (χ1n) is 6.88. The van der Waals surface area contributed by atoms with Crippen LogP contribution in [-0.2, 0) is 0 Å². The van der Waals surface area contributed by atoms with Gasteiger partial charge in [0.1, 0.15) is 12.4 Å². The molecule has 0 radical (unpaired) electrons. The number of hydrogen-bond donors (Lipinski definition) is 0. The van der Waals surface area contributed by atoms with Gasteiger partial charge in [-0.25, -0.2) is 0 Å². The molecule has 1 aromatic rings. The SMILES string of the molecule is CCCN(CCOc1ccc(Br)cc1)CC1CC1. The standard InChI is InChI=1S/C15H22BrNO/c1-2-9-17(12-13-3-4-13)10-11-18-15-7-5-14(16)6-8-15/h5-8,13H,2-4,9-12H2,1H3. The zero-order chi connectivity index (χ0) is 12.8. The molecule has 1 aliphatic rings. The maximum absolute atomic E-state index is 5.78. The summed E-state index contributed by atoms with van der Waals surface area (Å²) in [7, 11) is 0. The van der Waals surface area contributed by atoms with Gasteiger partial charge in [-0.15, -0.1) is 0 Å². The number of halogens is 1. The highest BCUT2D eigenvalue weighted by Crippen LogP contribution is 2.29. The summed E-state index contributed by atoms with van der Waals surface area (Å²) in [4.78, 5) is 2.54. The second-order valence-corrected chi connectivity index (χ2v) is 5.96. The fourth-order valence-electron chi connectivity index (χ4n) is 2.10. The first-order chi connectivity index (χ1) is 8.78. The van der Waals surface area contributed by atoms with E-state index in [2.05, 4.69) is 27.8 Å². The Bertz CT molecular complexity index is 348. The van der Waals surface area contributed by atoms with Gasteiger partial charge in [0.05, 0.1) is 0 Å². The van der Waals surface area contributed by atoms with Crippen LogP contribution in [0.15, 0.2) is 28.7 Å². The molecule has 2 nitrogen and oxygen atoms in total. The Balaban J connectivity index is 1.69. The maximum Gasteiger partial charge on any atom is 0.119 e. The van der Waals surface area contributed by atoms with Crippen LogP contribution < -0.4 is 4.74 Å². The Morgan fingerprint density at radius 2 is 1.94 bits per heavy atom. The van der Waals surface area contributed by atoms with Crippen molar-refractivity contribution in [1.29, 1.82) is 0 Å². The molecule has 1 aliphatic carbocycles. The molecule has 0 unspecified atom stereocenters. The van der Waals surface area contributed by atoms with Crippen molar-refractivity contribution < 1.29 is 4.74 Å². The summed E-state index contributed by atoms with van der Waals surface area (Å²) >= 11 is 3.43. The Kier molecular flexibility index (Phi) is 5.51. The van der Waals surface area contributed by atoms with Crippen molar-refractivity contribution in [3.05, 3.63) is 28.7 Å². The zero-order valence-electron chi connectivity index (χ0n) is 11.1. The van der Waals surface area contributed by atoms with Gasteiger partial charge in [0.2, 0.25) is 0 Å². The van der Waals surface area contributed by atoms with Gasteiger partial charge in [-0.2, -0.15) is 0 Å². The molecule has 100 valence electrons. The zero-order valence-corrected chi connectivity index (χ0v) is 12.7. The van der Waals surface area contributed by atoms with E-state index in [4.69, 9.17) is 4.74 Å². The van der Waals surface area contributed by atoms with Gasteiger partial charge < -0.3 is 4.74 Å². The van der Waals surface area contributed by atoms with E-state index in [1.54, 1.807) is 0 Å². The first kappa shape index (κ1) is 13.9. The molecule has 2 rings (SSSR count). The van der Waals surface area contributed by atoms with Gasteiger partial charge in [-0.05, 0) is 56.0 Å². The van der Waals surface area contributed by atoms with Crippen molar-refractivity contribution >= 4 is 15.9 Å². The molecular formula is C15H22BrNO. The van der Waals surface area contributed by atoms with E-state index in [0.29, 0.717) is 0 Å². The van der Waals surface area contributed by atoms with Crippen molar-refractivity contribution in [2.24, 2.45) is 5.92 Å². The fourth-order valence-corrected chi connectivity index (χ4v) is 2.36. The van der Waals surface area contributed by atoms with E-state index in [9.17, 15) is 0 Å². The Morgan fingerprint density at radius 3 is 2.56 bits per heavy atom. The van der Waals surface area contributed by atoms with Gasteiger partial charge in [0.15, 0.2) is 0 Å². The third kappa shape index (κ3) is 4.99. The number of ether oxygens (including phenoxy) is 1. The summed E-state index contributed by atoms with van der Waals surface area (Å²) in [5.74, 6) is 1.92. The van der Waals surface area contributed by atoms with Crippen molar-refractivity contribution in [1.82, 2.24) is 4.90 Å². The number of rotatable bonds is 8. The van der Waals surface area contributed by atoms with Crippen molar-refractivity contribution in [3.63, 3.8) is 0 Å². The molecule has 0 atom stereocenters. The van der Waals surface area contributed by atoms with Crippen LogP contribution >= 0.6 is 15.9 Å². The van der Waals surface area contributed by atoms with E-state index in [1.807, 2.05) is 24.3 Å². The van der Waals surface area contributed by atoms with Crippen LogP contribution in [0.1, 0.15) is 26.2 Å². The van der Waals surface area contributed by atoms with Crippen molar-refractivity contribution in [3.8, 4) is 5.75 Å². The number of benzene rings is 1. The van der Waals surface area contributed by atoms with Crippen LogP contribution in [0.25, 0.3) is 0 Å². The number of hydrogen-bond acceptors (Lipinski definition) is 2. The second kappa shape index (κ2) is 7.15. The van der Waals surface area contributed by atoms with Crippen LogP contribution in [0, 0.1) is 5.92 Å². The summed E-state index contributed by atoms with van der Waals surface area (Å²) in [6.45, 7) is 6.53. The predicted molar refractivity (Wildman–Crippen MR) is 79.1 cm³/mol. The fraction of sp³-hybridized carbons (Fsp3) is 0.600. The molecule has 1 fully saturated rings. The molecule has 1 saturated carbocycles. The lowest BCUT2D eigenvalue weighted by Crippen LogP contribution is -2.31. The van der Waals surface area contributed by atoms with Crippen molar-refractivity contribution in [2.45, 2.75) is 26.2 Å². The van der Waals surface area contributed by atoms with Crippen LogP contribution in [0.5, 0.6) is 5.75 Å². The van der Waals surface area contributed by atoms with E-state index in [-0.39, 0.29) is 0 Å². The topological polar surface area (TPSA) is 12.5 Å². The third-order valence-electron chi connectivity index (χ3n) is 3.24. The molecule has 18 heavy (non-hydrogen) atoms. The normalized spacial score (nSPS) is 15.1. The second-order valence-electron chi connectivity index (χ2n) is 5.05. The van der Waals surface area contributed by atoms with Crippen LogP contribution in [0.4, 0.5) is 0 Å². The lowest BCUT2D eigenvalue weighted by molar-refractivity contribution is 0.203. The summed E-state index contributed by atoms with van der Waals surface area (Å²) in [6.07, 6.45) is 4.08. The molecule has 3 heteroatoms. The third-order valence-corrected chi connectivity index (χ3v) is 3.77. The Morgan fingerprint density at radius 1 is 1.22 bits per heavy atom. The highest BCUT2D eigenvalue weighted by molar-refractivity contribution is 9.10. The van der Waals surface area contributed by atoms with Crippen LogP contribution in [0.3, 0.4) is 0 Å². The monoisotopic (exact) mass is 311 g/mol. The Labute approximate surface area is 118 Å². The summed E-state index contributed by atoms with van der Waals surface area (Å²) in [5, 5.41) is 0. The van der Waals surface area contributed by atoms with E-state index >= 15 is 0 Å². The largest absolute Gasteiger partial charge is 0.492 e. The van der Waals surface area contributed by atoms with Crippen LogP contribution in [0.2, 0.25) is 0 Å². The molecule has 1 aromatic carbocycles. The molecule has 0 heterocycles. The Hall–Kier alpha value is -0.540.